The van der Waals surface area contributed by atoms with Gasteiger partial charge in [0.2, 0.25) is 0 Å². The van der Waals surface area contributed by atoms with Crippen molar-refractivity contribution in [1.29, 1.82) is 0 Å². The molecule has 4 nitrogen and oxygen atoms in total. The quantitative estimate of drug-likeness (QED) is 0.357. The van der Waals surface area contributed by atoms with Gasteiger partial charge in [0.1, 0.15) is 29.0 Å². The maximum Gasteiger partial charge on any atom is 0.138 e. The van der Waals surface area contributed by atoms with Crippen molar-refractivity contribution in [2.24, 2.45) is 0 Å². The van der Waals surface area contributed by atoms with E-state index in [1.807, 2.05) is 72.3 Å². The molecule has 0 amide bonds. The predicted octanol–water partition coefficient (Wildman–Crippen LogP) is 6.33. The highest BCUT2D eigenvalue weighted by molar-refractivity contribution is 5.79. The van der Waals surface area contributed by atoms with Crippen LogP contribution in [-0.4, -0.2) is 14.5 Å². The zero-order valence-corrected chi connectivity index (χ0v) is 16.3. The molecule has 5 aromatic rings. The number of fused-ring (bicyclic) bond motifs is 1. The molecule has 0 aliphatic carbocycles. The molecule has 5 rings (SSSR count). The summed E-state index contributed by atoms with van der Waals surface area (Å²) in [6.07, 6.45) is 1.99. The number of halogens is 1. The summed E-state index contributed by atoms with van der Waals surface area (Å²) in [5.74, 6) is 2.68. The maximum atomic E-state index is 13.0. The molecule has 0 spiro atoms. The van der Waals surface area contributed by atoms with Crippen LogP contribution in [0.15, 0.2) is 91.1 Å². The lowest BCUT2D eigenvalue weighted by Crippen LogP contribution is -1.98. The van der Waals surface area contributed by atoms with Gasteiger partial charge in [0, 0.05) is 17.1 Å². The second-order valence-corrected chi connectivity index (χ2v) is 6.99. The summed E-state index contributed by atoms with van der Waals surface area (Å²) in [6, 6.07) is 25.7. The molecule has 30 heavy (non-hydrogen) atoms. The molecule has 0 atom stereocenters. The van der Waals surface area contributed by atoms with Crippen molar-refractivity contribution in [2.45, 2.75) is 6.92 Å². The average molecular weight is 395 g/mol. The van der Waals surface area contributed by atoms with Crippen molar-refractivity contribution in [3.63, 3.8) is 0 Å². The van der Waals surface area contributed by atoms with E-state index in [-0.39, 0.29) is 5.82 Å². The number of aryl methyl sites for hydroxylation is 1. The van der Waals surface area contributed by atoms with Crippen molar-refractivity contribution in [3.05, 3.63) is 103 Å². The number of pyridine rings is 1. The van der Waals surface area contributed by atoms with E-state index in [2.05, 4.69) is 6.07 Å². The largest absolute Gasteiger partial charge is 0.457 e. The Labute approximate surface area is 173 Å². The Bertz CT molecular complexity index is 1330. The third-order valence-electron chi connectivity index (χ3n) is 4.91. The Morgan fingerprint density at radius 1 is 0.767 bits per heavy atom. The van der Waals surface area contributed by atoms with Gasteiger partial charge in [-0.05, 0) is 73.7 Å². The smallest absolute Gasteiger partial charge is 0.138 e. The normalized spacial score (nSPS) is 11.0. The summed E-state index contributed by atoms with van der Waals surface area (Å²) < 4.78 is 20.8. The molecule has 0 unspecified atom stereocenters. The number of ether oxygens (including phenoxy) is 1. The molecule has 0 aliphatic rings. The molecule has 146 valence electrons. The zero-order chi connectivity index (χ0) is 20.5. The van der Waals surface area contributed by atoms with Crippen LogP contribution in [0.5, 0.6) is 11.5 Å². The van der Waals surface area contributed by atoms with Crippen molar-refractivity contribution < 1.29 is 9.13 Å². The van der Waals surface area contributed by atoms with Gasteiger partial charge in [-0.15, -0.1) is 0 Å². The van der Waals surface area contributed by atoms with E-state index >= 15 is 0 Å². The summed E-state index contributed by atoms with van der Waals surface area (Å²) in [5.41, 5.74) is 2.78. The molecule has 0 radical (unpaired) electrons. The van der Waals surface area contributed by atoms with Gasteiger partial charge in [-0.1, -0.05) is 18.2 Å². The third-order valence-corrected chi connectivity index (χ3v) is 4.91. The number of para-hydroxylation sites is 1. The minimum atomic E-state index is -0.287. The molecular formula is C25H18FN3O. The second-order valence-electron chi connectivity index (χ2n) is 6.99. The highest BCUT2D eigenvalue weighted by Gasteiger charge is 2.10. The minimum absolute atomic E-state index is 0.287. The summed E-state index contributed by atoms with van der Waals surface area (Å²) in [5, 5.41) is 1.11. The Balaban J connectivity index is 1.41. The summed E-state index contributed by atoms with van der Waals surface area (Å²) in [6.45, 7) is 1.96. The molecule has 0 aliphatic heterocycles. The van der Waals surface area contributed by atoms with Gasteiger partial charge < -0.3 is 4.74 Å². The molecule has 2 heterocycles. The Morgan fingerprint density at radius 3 is 2.23 bits per heavy atom. The van der Waals surface area contributed by atoms with E-state index in [0.29, 0.717) is 11.5 Å². The van der Waals surface area contributed by atoms with Crippen LogP contribution in [0, 0.1) is 12.7 Å². The number of nitrogens with zero attached hydrogens (tertiary/aromatic N) is 3. The standard InChI is InChI=1S/C25H18FN3O/c1-17-27-24(16-29(17)25-15-8-18-4-2-3-5-23(18)28-25)19-6-11-21(12-7-19)30-22-13-9-20(26)10-14-22/h2-16H,1H3. The number of benzene rings is 3. The number of hydrogen-bond acceptors (Lipinski definition) is 3. The van der Waals surface area contributed by atoms with Crippen LogP contribution in [-0.2, 0) is 0 Å². The zero-order valence-electron chi connectivity index (χ0n) is 16.3. The highest BCUT2D eigenvalue weighted by Crippen LogP contribution is 2.26. The highest BCUT2D eigenvalue weighted by atomic mass is 19.1. The topological polar surface area (TPSA) is 39.9 Å². The first-order valence-electron chi connectivity index (χ1n) is 9.62. The first-order valence-corrected chi connectivity index (χ1v) is 9.62. The van der Waals surface area contributed by atoms with Crippen LogP contribution >= 0.6 is 0 Å². The van der Waals surface area contributed by atoms with E-state index in [1.165, 1.54) is 12.1 Å². The van der Waals surface area contributed by atoms with Crippen molar-refractivity contribution in [2.75, 3.05) is 0 Å². The minimum Gasteiger partial charge on any atom is -0.457 e. The SMILES string of the molecule is Cc1nc(-c2ccc(Oc3ccc(F)cc3)cc2)cn1-c1ccc2ccccc2n1. The molecule has 5 heteroatoms. The van der Waals surface area contributed by atoms with Crippen molar-refractivity contribution >= 4 is 10.9 Å². The maximum absolute atomic E-state index is 13.0. The van der Waals surface area contributed by atoms with Crippen LogP contribution in [0.25, 0.3) is 28.0 Å². The predicted molar refractivity (Wildman–Crippen MR) is 116 cm³/mol. The second kappa shape index (κ2) is 7.44. The van der Waals surface area contributed by atoms with Gasteiger partial charge in [0.25, 0.3) is 0 Å². The van der Waals surface area contributed by atoms with Crippen LogP contribution in [0.2, 0.25) is 0 Å². The molecule has 3 aromatic carbocycles. The fourth-order valence-corrected chi connectivity index (χ4v) is 3.37. The van der Waals surface area contributed by atoms with E-state index in [0.717, 1.165) is 33.8 Å². The summed E-state index contributed by atoms with van der Waals surface area (Å²) >= 11 is 0. The van der Waals surface area contributed by atoms with Gasteiger partial charge >= 0.3 is 0 Å². The molecule has 0 fully saturated rings. The van der Waals surface area contributed by atoms with Crippen LogP contribution in [0.4, 0.5) is 4.39 Å². The van der Waals surface area contributed by atoms with Crippen LogP contribution < -0.4 is 4.74 Å². The summed E-state index contributed by atoms with van der Waals surface area (Å²) in [4.78, 5) is 9.46. The third kappa shape index (κ3) is 3.53. The van der Waals surface area contributed by atoms with Crippen LogP contribution in [0.1, 0.15) is 5.82 Å². The van der Waals surface area contributed by atoms with E-state index < -0.39 is 0 Å². The Morgan fingerprint density at radius 2 is 1.47 bits per heavy atom. The van der Waals surface area contributed by atoms with E-state index in [4.69, 9.17) is 14.7 Å². The molecule has 0 N–H and O–H groups in total. The average Bonchev–Trinajstić information content (AvgIpc) is 3.17. The summed E-state index contributed by atoms with van der Waals surface area (Å²) in [7, 11) is 0. The van der Waals surface area contributed by atoms with Crippen molar-refractivity contribution in [1.82, 2.24) is 14.5 Å². The first-order chi connectivity index (χ1) is 14.7. The molecule has 0 saturated carbocycles. The number of imidazole rings is 1. The lowest BCUT2D eigenvalue weighted by atomic mass is 10.1. The van der Waals surface area contributed by atoms with Crippen LogP contribution in [0.3, 0.4) is 0 Å². The van der Waals surface area contributed by atoms with Crippen molar-refractivity contribution in [3.8, 4) is 28.6 Å². The fraction of sp³-hybridized carbons (Fsp3) is 0.0400. The lowest BCUT2D eigenvalue weighted by molar-refractivity contribution is 0.480. The molecule has 2 aromatic heterocycles. The fourth-order valence-electron chi connectivity index (χ4n) is 3.37. The van der Waals surface area contributed by atoms with Gasteiger partial charge in [-0.25, -0.2) is 14.4 Å². The van der Waals surface area contributed by atoms with Gasteiger partial charge in [-0.3, -0.25) is 4.57 Å². The van der Waals surface area contributed by atoms with Gasteiger partial charge in [-0.2, -0.15) is 0 Å². The Kier molecular flexibility index (Phi) is 4.48. The monoisotopic (exact) mass is 395 g/mol. The number of hydrogen-bond donors (Lipinski definition) is 0. The molecule has 0 saturated heterocycles. The van der Waals surface area contributed by atoms with Gasteiger partial charge in [0.05, 0.1) is 11.2 Å². The Hall–Kier alpha value is -3.99. The number of aromatic nitrogens is 3. The van der Waals surface area contributed by atoms with E-state index in [1.54, 1.807) is 12.1 Å². The number of rotatable bonds is 4. The molecular weight excluding hydrogens is 377 g/mol. The van der Waals surface area contributed by atoms with E-state index in [9.17, 15) is 4.39 Å². The molecule has 0 bridgehead atoms. The first kappa shape index (κ1) is 18.1. The van der Waals surface area contributed by atoms with Gasteiger partial charge in [0.15, 0.2) is 0 Å². The lowest BCUT2D eigenvalue weighted by Gasteiger charge is -2.06.